The van der Waals surface area contributed by atoms with Crippen molar-refractivity contribution in [2.24, 2.45) is 5.41 Å². The summed E-state index contributed by atoms with van der Waals surface area (Å²) in [5, 5.41) is 1.05. The highest BCUT2D eigenvalue weighted by atomic mass is 32.2. The van der Waals surface area contributed by atoms with Crippen LogP contribution >= 0.6 is 24.4 Å². The highest BCUT2D eigenvalue weighted by Crippen LogP contribution is 2.42. The van der Waals surface area contributed by atoms with E-state index in [2.05, 4.69) is 34.7 Å². The zero-order chi connectivity index (χ0) is 12.4. The Kier molecular flexibility index (Phi) is 3.57. The van der Waals surface area contributed by atoms with Gasteiger partial charge in [-0.3, -0.25) is 0 Å². The lowest BCUT2D eigenvalue weighted by molar-refractivity contribution is 0.403. The maximum atomic E-state index is 4.62. The Morgan fingerprint density at radius 3 is 2.78 bits per heavy atom. The molecule has 0 atom stereocenters. The Morgan fingerprint density at radius 1 is 1.28 bits per heavy atom. The molecule has 1 aliphatic carbocycles. The van der Waals surface area contributed by atoms with Crippen molar-refractivity contribution in [2.45, 2.75) is 30.8 Å². The van der Waals surface area contributed by atoms with Crippen LogP contribution in [0.25, 0.3) is 11.0 Å². The average Bonchev–Trinajstić information content (AvgIpc) is 3.03. The number of hydrogen-bond acceptors (Lipinski definition) is 3. The van der Waals surface area contributed by atoms with E-state index in [0.717, 1.165) is 27.7 Å². The molecule has 1 saturated carbocycles. The first-order valence-electron chi connectivity index (χ1n) is 6.50. The zero-order valence-electron chi connectivity index (χ0n) is 10.4. The van der Waals surface area contributed by atoms with Crippen LogP contribution in [0.3, 0.4) is 0 Å². The number of fused-ring (bicyclic) bond motifs is 1. The number of thiol groups is 1. The fourth-order valence-electron chi connectivity index (χ4n) is 2.69. The molecule has 0 bridgehead atoms. The summed E-state index contributed by atoms with van der Waals surface area (Å²) < 4.78 is 0. The van der Waals surface area contributed by atoms with Gasteiger partial charge in [-0.15, -0.1) is 0 Å². The topological polar surface area (TPSA) is 28.7 Å². The molecule has 1 N–H and O–H groups in total. The van der Waals surface area contributed by atoms with E-state index in [1.165, 1.54) is 25.7 Å². The Balaban J connectivity index is 1.72. The Hall–Kier alpha value is -0.610. The molecule has 0 unspecified atom stereocenters. The second-order valence-corrected chi connectivity index (χ2v) is 6.49. The second kappa shape index (κ2) is 5.17. The van der Waals surface area contributed by atoms with Gasteiger partial charge in [0.1, 0.15) is 0 Å². The summed E-state index contributed by atoms with van der Waals surface area (Å²) in [7, 11) is 0. The number of imidazole rings is 1. The fourth-order valence-corrected chi connectivity index (χ4v) is 4.45. The van der Waals surface area contributed by atoms with Gasteiger partial charge in [-0.2, -0.15) is 12.6 Å². The van der Waals surface area contributed by atoms with Crippen molar-refractivity contribution >= 4 is 35.4 Å². The first-order valence-corrected chi connectivity index (χ1v) is 8.12. The van der Waals surface area contributed by atoms with E-state index in [1.807, 2.05) is 23.9 Å². The third kappa shape index (κ3) is 2.41. The molecule has 1 heterocycles. The number of aromatic nitrogens is 2. The lowest BCUT2D eigenvalue weighted by Gasteiger charge is -2.25. The normalized spacial score (nSPS) is 18.5. The van der Waals surface area contributed by atoms with Gasteiger partial charge in [0.25, 0.3) is 0 Å². The van der Waals surface area contributed by atoms with Gasteiger partial charge in [-0.25, -0.2) is 4.98 Å². The van der Waals surface area contributed by atoms with E-state index >= 15 is 0 Å². The minimum absolute atomic E-state index is 0.437. The number of hydrogen-bond donors (Lipinski definition) is 2. The van der Waals surface area contributed by atoms with Gasteiger partial charge in [0.05, 0.1) is 11.0 Å². The molecule has 1 aromatic heterocycles. The summed E-state index contributed by atoms with van der Waals surface area (Å²) in [6.45, 7) is 0. The van der Waals surface area contributed by atoms with Gasteiger partial charge in [0.15, 0.2) is 5.16 Å². The van der Waals surface area contributed by atoms with E-state index in [9.17, 15) is 0 Å². The monoisotopic (exact) mass is 278 g/mol. The fraction of sp³-hybridized carbons (Fsp3) is 0.500. The molecule has 0 aliphatic heterocycles. The van der Waals surface area contributed by atoms with Crippen LogP contribution in [0.4, 0.5) is 0 Å². The summed E-state index contributed by atoms with van der Waals surface area (Å²) in [6.07, 6.45) is 5.37. The van der Waals surface area contributed by atoms with Crippen molar-refractivity contribution in [3.05, 3.63) is 24.3 Å². The van der Waals surface area contributed by atoms with E-state index in [1.54, 1.807) is 0 Å². The van der Waals surface area contributed by atoms with Crippen molar-refractivity contribution in [3.8, 4) is 0 Å². The predicted octanol–water partition coefficient (Wildman–Crippen LogP) is 4.15. The van der Waals surface area contributed by atoms with Gasteiger partial charge >= 0.3 is 0 Å². The molecule has 0 spiro atoms. The molecule has 96 valence electrons. The number of H-pyrrole nitrogens is 1. The number of aromatic amines is 1. The number of rotatable bonds is 4. The highest BCUT2D eigenvalue weighted by Gasteiger charge is 2.32. The standard InChI is InChI=1S/C14H18N2S2/c17-9-14(7-3-4-8-14)10-18-13-15-11-5-1-2-6-12(11)16-13/h1-2,5-6,17H,3-4,7-10H2,(H,15,16). The zero-order valence-corrected chi connectivity index (χ0v) is 12.1. The van der Waals surface area contributed by atoms with Crippen LogP contribution in [0, 0.1) is 5.41 Å². The molecule has 1 aliphatic rings. The molecular weight excluding hydrogens is 260 g/mol. The smallest absolute Gasteiger partial charge is 0.166 e. The first-order chi connectivity index (χ1) is 8.81. The Labute approximate surface area is 117 Å². The van der Waals surface area contributed by atoms with E-state index in [4.69, 9.17) is 0 Å². The molecule has 0 amide bonds. The van der Waals surface area contributed by atoms with E-state index in [0.29, 0.717) is 5.41 Å². The Morgan fingerprint density at radius 2 is 2.06 bits per heavy atom. The van der Waals surface area contributed by atoms with Crippen LogP contribution in [0.15, 0.2) is 29.4 Å². The third-order valence-electron chi connectivity index (χ3n) is 3.88. The Bertz CT molecular complexity index is 496. The summed E-state index contributed by atoms with van der Waals surface area (Å²) in [5.41, 5.74) is 2.63. The van der Waals surface area contributed by atoms with Gasteiger partial charge in [0.2, 0.25) is 0 Å². The van der Waals surface area contributed by atoms with Crippen LogP contribution in [0.2, 0.25) is 0 Å². The summed E-state index contributed by atoms with van der Waals surface area (Å²) >= 11 is 6.41. The minimum atomic E-state index is 0.437. The number of thioether (sulfide) groups is 1. The molecule has 2 aromatic rings. The van der Waals surface area contributed by atoms with Crippen molar-refractivity contribution in [2.75, 3.05) is 11.5 Å². The van der Waals surface area contributed by atoms with Crippen LogP contribution in [-0.4, -0.2) is 21.5 Å². The largest absolute Gasteiger partial charge is 0.333 e. The maximum absolute atomic E-state index is 4.62. The quantitative estimate of drug-likeness (QED) is 0.650. The molecular formula is C14H18N2S2. The van der Waals surface area contributed by atoms with Crippen molar-refractivity contribution in [1.82, 2.24) is 9.97 Å². The SMILES string of the molecule is SCC1(CSc2nc3ccccc3[nH]2)CCCC1. The van der Waals surface area contributed by atoms with Crippen molar-refractivity contribution in [1.29, 1.82) is 0 Å². The molecule has 18 heavy (non-hydrogen) atoms. The van der Waals surface area contributed by atoms with Gasteiger partial charge in [-0.05, 0) is 36.1 Å². The molecule has 0 saturated heterocycles. The third-order valence-corrected chi connectivity index (χ3v) is 5.78. The van der Waals surface area contributed by atoms with Crippen LogP contribution in [0.5, 0.6) is 0 Å². The maximum Gasteiger partial charge on any atom is 0.166 e. The first kappa shape index (κ1) is 12.4. The molecule has 2 nitrogen and oxygen atoms in total. The van der Waals surface area contributed by atoms with Crippen LogP contribution in [0.1, 0.15) is 25.7 Å². The van der Waals surface area contributed by atoms with Crippen molar-refractivity contribution in [3.63, 3.8) is 0 Å². The number of nitrogens with one attached hydrogen (secondary N) is 1. The minimum Gasteiger partial charge on any atom is -0.333 e. The van der Waals surface area contributed by atoms with E-state index < -0.39 is 0 Å². The lowest BCUT2D eigenvalue weighted by Crippen LogP contribution is -2.21. The van der Waals surface area contributed by atoms with Crippen LogP contribution in [-0.2, 0) is 0 Å². The molecule has 1 aromatic carbocycles. The van der Waals surface area contributed by atoms with Gasteiger partial charge < -0.3 is 4.98 Å². The summed E-state index contributed by atoms with van der Waals surface area (Å²) in [6, 6.07) is 8.21. The lowest BCUT2D eigenvalue weighted by atomic mass is 9.91. The van der Waals surface area contributed by atoms with Crippen molar-refractivity contribution < 1.29 is 0 Å². The summed E-state index contributed by atoms with van der Waals surface area (Å²) in [5.74, 6) is 2.14. The highest BCUT2D eigenvalue weighted by molar-refractivity contribution is 7.99. The second-order valence-electron chi connectivity index (χ2n) is 5.21. The number of benzene rings is 1. The van der Waals surface area contributed by atoms with Gasteiger partial charge in [0, 0.05) is 5.75 Å². The molecule has 1 fully saturated rings. The summed E-state index contributed by atoms with van der Waals surface area (Å²) in [4.78, 5) is 8.01. The molecule has 3 rings (SSSR count). The molecule has 0 radical (unpaired) electrons. The van der Waals surface area contributed by atoms with E-state index in [-0.39, 0.29) is 0 Å². The van der Waals surface area contributed by atoms with Gasteiger partial charge in [-0.1, -0.05) is 36.7 Å². The number of para-hydroxylation sites is 2. The predicted molar refractivity (Wildman–Crippen MR) is 81.6 cm³/mol. The number of nitrogens with zero attached hydrogens (tertiary/aromatic N) is 1. The molecule has 4 heteroatoms. The average molecular weight is 278 g/mol. The van der Waals surface area contributed by atoms with Crippen LogP contribution < -0.4 is 0 Å².